The van der Waals surface area contributed by atoms with Crippen LogP contribution >= 0.6 is 0 Å². The Morgan fingerprint density at radius 2 is 1.81 bits per heavy atom. The van der Waals surface area contributed by atoms with Gasteiger partial charge in [0.1, 0.15) is 0 Å². The number of hydrogen-bond donors (Lipinski definition) is 1. The quantitative estimate of drug-likeness (QED) is 0.928. The molecule has 4 bridgehead atoms. The summed E-state index contributed by atoms with van der Waals surface area (Å²) in [6.45, 7) is 2.65. The van der Waals surface area contributed by atoms with E-state index < -0.39 is 0 Å². The van der Waals surface area contributed by atoms with Gasteiger partial charge in [0.05, 0.1) is 0 Å². The molecule has 1 heterocycles. The van der Waals surface area contributed by atoms with Crippen molar-refractivity contribution in [3.63, 3.8) is 0 Å². The van der Waals surface area contributed by atoms with Crippen LogP contribution in [0.1, 0.15) is 44.1 Å². The van der Waals surface area contributed by atoms with E-state index >= 15 is 0 Å². The molecule has 4 saturated carbocycles. The number of aromatic nitrogens is 1. The summed E-state index contributed by atoms with van der Waals surface area (Å²) >= 11 is 0. The molecule has 1 unspecified atom stereocenters. The van der Waals surface area contributed by atoms with E-state index in [0.29, 0.717) is 12.0 Å². The molecule has 3 nitrogen and oxygen atoms in total. The Balaban J connectivity index is 1.57. The van der Waals surface area contributed by atoms with E-state index in [0.717, 1.165) is 23.3 Å². The maximum atomic E-state index is 12.1. The topological polar surface area (TPSA) is 48.0 Å². The Bertz CT molecular complexity index is 568. The van der Waals surface area contributed by atoms with Crippen LogP contribution in [0.15, 0.2) is 23.1 Å². The highest BCUT2D eigenvalue weighted by molar-refractivity contribution is 5.09. The fourth-order valence-electron chi connectivity index (χ4n) is 5.79. The van der Waals surface area contributed by atoms with Crippen molar-refractivity contribution in [2.24, 2.45) is 28.9 Å². The lowest BCUT2D eigenvalue weighted by atomic mass is 9.48. The molecule has 0 radical (unpaired) electrons. The molecule has 4 aliphatic rings. The minimum atomic E-state index is 0.0928. The molecule has 0 amide bonds. The average Bonchev–Trinajstić information content (AvgIpc) is 2.40. The molecule has 4 fully saturated rings. The SMILES string of the molecule is Cc1ccn(CC(N)C23CC4CC(CC(C4)C2)C3)c(=O)c1. The van der Waals surface area contributed by atoms with Crippen molar-refractivity contribution in [3.05, 3.63) is 34.2 Å². The molecule has 5 rings (SSSR count). The van der Waals surface area contributed by atoms with Crippen LogP contribution in [0.5, 0.6) is 0 Å². The molecule has 114 valence electrons. The summed E-state index contributed by atoms with van der Waals surface area (Å²) in [6.07, 6.45) is 10.2. The lowest BCUT2D eigenvalue weighted by Crippen LogP contribution is -2.56. The smallest absolute Gasteiger partial charge is 0.250 e. The summed E-state index contributed by atoms with van der Waals surface area (Å²) in [5, 5.41) is 0. The van der Waals surface area contributed by atoms with Crippen molar-refractivity contribution in [1.29, 1.82) is 0 Å². The van der Waals surface area contributed by atoms with E-state index in [1.807, 2.05) is 23.8 Å². The summed E-state index contributed by atoms with van der Waals surface area (Å²) in [6, 6.07) is 3.85. The summed E-state index contributed by atoms with van der Waals surface area (Å²) in [4.78, 5) is 12.1. The fourth-order valence-corrected chi connectivity index (χ4v) is 5.79. The second-order valence-corrected chi connectivity index (χ2v) is 8.08. The third kappa shape index (κ3) is 2.26. The van der Waals surface area contributed by atoms with Crippen molar-refractivity contribution in [3.8, 4) is 0 Å². The van der Waals surface area contributed by atoms with Gasteiger partial charge in [0.2, 0.25) is 0 Å². The molecule has 1 aromatic heterocycles. The third-order valence-corrected chi connectivity index (χ3v) is 6.42. The van der Waals surface area contributed by atoms with Gasteiger partial charge >= 0.3 is 0 Å². The van der Waals surface area contributed by atoms with Gasteiger partial charge in [-0.15, -0.1) is 0 Å². The van der Waals surface area contributed by atoms with E-state index in [2.05, 4.69) is 0 Å². The zero-order valence-corrected chi connectivity index (χ0v) is 12.9. The van der Waals surface area contributed by atoms with E-state index in [1.54, 1.807) is 6.07 Å². The lowest BCUT2D eigenvalue weighted by Gasteiger charge is -2.59. The molecule has 1 aromatic rings. The van der Waals surface area contributed by atoms with Crippen LogP contribution in [0, 0.1) is 30.1 Å². The minimum Gasteiger partial charge on any atom is -0.326 e. The molecule has 0 aromatic carbocycles. The van der Waals surface area contributed by atoms with Crippen LogP contribution in [0.3, 0.4) is 0 Å². The van der Waals surface area contributed by atoms with Crippen molar-refractivity contribution < 1.29 is 0 Å². The summed E-state index contributed by atoms with van der Waals surface area (Å²) in [7, 11) is 0. The maximum Gasteiger partial charge on any atom is 0.250 e. The van der Waals surface area contributed by atoms with E-state index in [-0.39, 0.29) is 11.6 Å². The van der Waals surface area contributed by atoms with Crippen molar-refractivity contribution >= 4 is 0 Å². The van der Waals surface area contributed by atoms with Gasteiger partial charge in [0, 0.05) is 24.8 Å². The van der Waals surface area contributed by atoms with Gasteiger partial charge in [-0.3, -0.25) is 4.79 Å². The molecule has 1 atom stereocenters. The number of nitrogens with zero attached hydrogens (tertiary/aromatic N) is 1. The molecule has 2 N–H and O–H groups in total. The Morgan fingerprint density at radius 3 is 2.33 bits per heavy atom. The minimum absolute atomic E-state index is 0.0928. The Morgan fingerprint density at radius 1 is 1.24 bits per heavy atom. The Kier molecular flexibility index (Phi) is 3.04. The van der Waals surface area contributed by atoms with Gasteiger partial charge < -0.3 is 10.3 Å². The highest BCUT2D eigenvalue weighted by atomic mass is 16.1. The average molecular weight is 286 g/mol. The van der Waals surface area contributed by atoms with Gasteiger partial charge in [0.25, 0.3) is 5.56 Å². The van der Waals surface area contributed by atoms with Crippen LogP contribution < -0.4 is 11.3 Å². The molecule has 4 aliphatic carbocycles. The Hall–Kier alpha value is -1.09. The monoisotopic (exact) mass is 286 g/mol. The molecule has 0 aliphatic heterocycles. The second kappa shape index (κ2) is 4.70. The summed E-state index contributed by atoms with van der Waals surface area (Å²) in [5.74, 6) is 2.74. The maximum absolute atomic E-state index is 12.1. The number of rotatable bonds is 3. The first-order valence-corrected chi connectivity index (χ1v) is 8.47. The lowest BCUT2D eigenvalue weighted by molar-refractivity contribution is -0.0695. The zero-order valence-electron chi connectivity index (χ0n) is 12.9. The normalized spacial score (nSPS) is 38.7. The van der Waals surface area contributed by atoms with E-state index in [4.69, 9.17) is 5.73 Å². The molecule has 21 heavy (non-hydrogen) atoms. The molecule has 3 heteroatoms. The van der Waals surface area contributed by atoms with Crippen LogP contribution in [-0.2, 0) is 6.54 Å². The zero-order chi connectivity index (χ0) is 14.6. The number of pyridine rings is 1. The highest BCUT2D eigenvalue weighted by Gasteiger charge is 2.53. The number of hydrogen-bond acceptors (Lipinski definition) is 2. The predicted molar refractivity (Wildman–Crippen MR) is 84.0 cm³/mol. The van der Waals surface area contributed by atoms with Crippen LogP contribution in [0.4, 0.5) is 0 Å². The second-order valence-electron chi connectivity index (χ2n) is 8.08. The largest absolute Gasteiger partial charge is 0.326 e. The van der Waals surface area contributed by atoms with Crippen LogP contribution in [0.2, 0.25) is 0 Å². The first-order valence-electron chi connectivity index (χ1n) is 8.47. The molecular weight excluding hydrogens is 260 g/mol. The fraction of sp³-hybridized carbons (Fsp3) is 0.722. The predicted octanol–water partition coefficient (Wildman–Crippen LogP) is 2.70. The van der Waals surface area contributed by atoms with Crippen molar-refractivity contribution in [1.82, 2.24) is 4.57 Å². The number of aryl methyl sites for hydroxylation is 1. The third-order valence-electron chi connectivity index (χ3n) is 6.42. The number of nitrogens with two attached hydrogens (primary N) is 1. The van der Waals surface area contributed by atoms with Crippen LogP contribution in [-0.4, -0.2) is 10.6 Å². The van der Waals surface area contributed by atoms with E-state index in [9.17, 15) is 4.79 Å². The summed E-state index contributed by atoms with van der Waals surface area (Å²) in [5.41, 5.74) is 8.09. The standard InChI is InChI=1S/C18H26N2O/c1-12-2-3-20(17(21)4-12)11-16(19)18-8-13-5-14(9-18)7-15(6-13)10-18/h2-4,13-16H,5-11,19H2,1H3. The Labute approximate surface area is 126 Å². The summed E-state index contributed by atoms with van der Waals surface area (Å²) < 4.78 is 1.82. The van der Waals surface area contributed by atoms with Gasteiger partial charge in [-0.1, -0.05) is 0 Å². The van der Waals surface area contributed by atoms with Crippen molar-refractivity contribution in [2.75, 3.05) is 0 Å². The van der Waals surface area contributed by atoms with Crippen molar-refractivity contribution in [2.45, 2.75) is 58.0 Å². The first kappa shape index (κ1) is 13.6. The molecular formula is C18H26N2O. The van der Waals surface area contributed by atoms with Gasteiger partial charge in [-0.25, -0.2) is 0 Å². The van der Waals surface area contributed by atoms with Gasteiger partial charge in [0.15, 0.2) is 0 Å². The van der Waals surface area contributed by atoms with Gasteiger partial charge in [-0.2, -0.15) is 0 Å². The first-order chi connectivity index (χ1) is 10.0. The van der Waals surface area contributed by atoms with E-state index in [1.165, 1.54) is 38.5 Å². The van der Waals surface area contributed by atoms with Crippen LogP contribution in [0.25, 0.3) is 0 Å². The highest BCUT2D eigenvalue weighted by Crippen LogP contribution is 2.61. The van der Waals surface area contributed by atoms with Gasteiger partial charge in [-0.05, 0) is 80.2 Å². The molecule has 0 spiro atoms. The molecule has 0 saturated heterocycles.